The standard InChI is InChI=1S/C12H17N3O3/c1-3-12(13,4-2)11(16)14-9-5-7-10(8-6-9)15(17)18/h5-8H,3-4,13H2,1-2H3,(H,14,16). The van der Waals surface area contributed by atoms with E-state index in [1.165, 1.54) is 24.3 Å². The minimum Gasteiger partial charge on any atom is -0.324 e. The number of nitrogens with two attached hydrogens (primary N) is 1. The molecule has 0 spiro atoms. The van der Waals surface area contributed by atoms with Crippen molar-refractivity contribution < 1.29 is 9.72 Å². The first-order chi connectivity index (χ1) is 8.42. The maximum atomic E-state index is 11.9. The molecule has 0 radical (unpaired) electrons. The Morgan fingerprint density at radius 3 is 2.22 bits per heavy atom. The highest BCUT2D eigenvalue weighted by Crippen LogP contribution is 2.18. The number of carbonyl (C=O) groups is 1. The van der Waals surface area contributed by atoms with Gasteiger partial charge in [-0.1, -0.05) is 13.8 Å². The summed E-state index contributed by atoms with van der Waals surface area (Å²) in [5.74, 6) is -0.277. The Kier molecular flexibility index (Phi) is 4.38. The zero-order valence-corrected chi connectivity index (χ0v) is 10.5. The molecule has 6 heteroatoms. The van der Waals surface area contributed by atoms with Gasteiger partial charge in [0.2, 0.25) is 5.91 Å². The van der Waals surface area contributed by atoms with E-state index in [0.717, 1.165) is 0 Å². The van der Waals surface area contributed by atoms with Gasteiger partial charge in [-0.15, -0.1) is 0 Å². The van der Waals surface area contributed by atoms with Crippen molar-refractivity contribution in [2.45, 2.75) is 32.2 Å². The molecule has 0 aromatic heterocycles. The molecule has 18 heavy (non-hydrogen) atoms. The van der Waals surface area contributed by atoms with Crippen molar-refractivity contribution in [3.05, 3.63) is 34.4 Å². The molecular formula is C12H17N3O3. The van der Waals surface area contributed by atoms with E-state index >= 15 is 0 Å². The minimum atomic E-state index is -0.901. The molecule has 0 fully saturated rings. The number of nitro benzene ring substituents is 1. The summed E-state index contributed by atoms with van der Waals surface area (Å²) in [5.41, 5.74) is 5.53. The maximum Gasteiger partial charge on any atom is 0.269 e. The van der Waals surface area contributed by atoms with Crippen molar-refractivity contribution in [3.63, 3.8) is 0 Å². The quantitative estimate of drug-likeness (QED) is 0.618. The summed E-state index contributed by atoms with van der Waals surface area (Å²) in [6.07, 6.45) is 1.06. The summed E-state index contributed by atoms with van der Waals surface area (Å²) in [4.78, 5) is 21.9. The second-order valence-corrected chi connectivity index (χ2v) is 4.12. The smallest absolute Gasteiger partial charge is 0.269 e. The molecule has 0 unspecified atom stereocenters. The Hall–Kier alpha value is -1.95. The molecule has 1 aromatic rings. The fourth-order valence-electron chi connectivity index (χ4n) is 1.49. The van der Waals surface area contributed by atoms with E-state index < -0.39 is 10.5 Å². The molecule has 0 aliphatic carbocycles. The summed E-state index contributed by atoms with van der Waals surface area (Å²) < 4.78 is 0. The van der Waals surface area contributed by atoms with Crippen LogP contribution in [0.25, 0.3) is 0 Å². The molecule has 1 rings (SSSR count). The number of rotatable bonds is 5. The van der Waals surface area contributed by atoms with Crippen molar-refractivity contribution in [1.29, 1.82) is 0 Å². The van der Waals surface area contributed by atoms with Crippen LogP contribution in [0.1, 0.15) is 26.7 Å². The second-order valence-electron chi connectivity index (χ2n) is 4.12. The minimum absolute atomic E-state index is 0.0157. The molecule has 0 saturated heterocycles. The Labute approximate surface area is 105 Å². The molecule has 3 N–H and O–H groups in total. The van der Waals surface area contributed by atoms with E-state index in [4.69, 9.17) is 5.73 Å². The molecule has 0 bridgehead atoms. The van der Waals surface area contributed by atoms with Crippen LogP contribution < -0.4 is 11.1 Å². The molecule has 1 aromatic carbocycles. The van der Waals surface area contributed by atoms with Crippen LogP contribution in [-0.4, -0.2) is 16.4 Å². The summed E-state index contributed by atoms with van der Waals surface area (Å²) in [6, 6.07) is 5.65. The number of carbonyl (C=O) groups excluding carboxylic acids is 1. The first-order valence-electron chi connectivity index (χ1n) is 5.77. The van der Waals surface area contributed by atoms with Crippen LogP contribution in [-0.2, 0) is 4.79 Å². The maximum absolute atomic E-state index is 11.9. The predicted molar refractivity (Wildman–Crippen MR) is 69.2 cm³/mol. The number of anilines is 1. The third kappa shape index (κ3) is 3.04. The number of hydrogen-bond acceptors (Lipinski definition) is 4. The fraction of sp³-hybridized carbons (Fsp3) is 0.417. The van der Waals surface area contributed by atoms with Gasteiger partial charge in [0.05, 0.1) is 10.5 Å². The lowest BCUT2D eigenvalue weighted by Gasteiger charge is -2.25. The van der Waals surface area contributed by atoms with E-state index in [-0.39, 0.29) is 11.6 Å². The van der Waals surface area contributed by atoms with Crippen LogP contribution >= 0.6 is 0 Å². The Balaban J connectivity index is 2.79. The van der Waals surface area contributed by atoms with E-state index in [9.17, 15) is 14.9 Å². The molecule has 0 aliphatic rings. The summed E-state index contributed by atoms with van der Waals surface area (Å²) in [7, 11) is 0. The van der Waals surface area contributed by atoms with Gasteiger partial charge in [0.25, 0.3) is 5.69 Å². The lowest BCUT2D eigenvalue weighted by molar-refractivity contribution is -0.384. The monoisotopic (exact) mass is 251 g/mol. The van der Waals surface area contributed by atoms with E-state index in [2.05, 4.69) is 5.32 Å². The first-order valence-corrected chi connectivity index (χ1v) is 5.77. The molecule has 0 atom stereocenters. The van der Waals surface area contributed by atoms with Crippen LogP contribution in [0.3, 0.4) is 0 Å². The lowest BCUT2D eigenvalue weighted by Crippen LogP contribution is -2.50. The molecule has 0 aliphatic heterocycles. The number of nitrogens with zero attached hydrogens (tertiary/aromatic N) is 1. The highest BCUT2D eigenvalue weighted by atomic mass is 16.6. The van der Waals surface area contributed by atoms with Crippen LogP contribution in [0.4, 0.5) is 11.4 Å². The predicted octanol–water partition coefficient (Wildman–Crippen LogP) is 2.05. The molecular weight excluding hydrogens is 234 g/mol. The highest BCUT2D eigenvalue weighted by Gasteiger charge is 2.29. The normalized spacial score (nSPS) is 11.1. The highest BCUT2D eigenvalue weighted by molar-refractivity contribution is 5.97. The average Bonchev–Trinajstić information content (AvgIpc) is 2.38. The van der Waals surface area contributed by atoms with Crippen molar-refractivity contribution in [2.24, 2.45) is 5.73 Å². The number of hydrogen-bond donors (Lipinski definition) is 2. The number of benzene rings is 1. The first kappa shape index (κ1) is 14.1. The van der Waals surface area contributed by atoms with Gasteiger partial charge in [0, 0.05) is 17.8 Å². The van der Waals surface area contributed by atoms with E-state index in [1.807, 2.05) is 13.8 Å². The molecule has 0 saturated carbocycles. The van der Waals surface area contributed by atoms with Gasteiger partial charge < -0.3 is 11.1 Å². The van der Waals surface area contributed by atoms with Crippen LogP contribution in [0, 0.1) is 10.1 Å². The Bertz CT molecular complexity index is 438. The summed E-state index contributed by atoms with van der Waals surface area (Å²) in [5, 5.41) is 13.1. The van der Waals surface area contributed by atoms with Gasteiger partial charge in [0.1, 0.15) is 0 Å². The molecule has 6 nitrogen and oxygen atoms in total. The number of amides is 1. The third-order valence-electron chi connectivity index (χ3n) is 3.05. The van der Waals surface area contributed by atoms with Gasteiger partial charge >= 0.3 is 0 Å². The van der Waals surface area contributed by atoms with Gasteiger partial charge in [-0.2, -0.15) is 0 Å². The van der Waals surface area contributed by atoms with E-state index in [0.29, 0.717) is 18.5 Å². The molecule has 0 heterocycles. The average molecular weight is 251 g/mol. The Morgan fingerprint density at radius 1 is 1.33 bits per heavy atom. The van der Waals surface area contributed by atoms with Crippen LogP contribution in [0.5, 0.6) is 0 Å². The zero-order valence-electron chi connectivity index (χ0n) is 10.5. The van der Waals surface area contributed by atoms with Gasteiger partial charge in [-0.25, -0.2) is 0 Å². The van der Waals surface area contributed by atoms with Crippen LogP contribution in [0.2, 0.25) is 0 Å². The lowest BCUT2D eigenvalue weighted by atomic mass is 9.93. The van der Waals surface area contributed by atoms with Crippen molar-refractivity contribution in [2.75, 3.05) is 5.32 Å². The third-order valence-corrected chi connectivity index (χ3v) is 3.05. The zero-order chi connectivity index (χ0) is 13.8. The largest absolute Gasteiger partial charge is 0.324 e. The van der Waals surface area contributed by atoms with Gasteiger partial charge in [-0.3, -0.25) is 14.9 Å². The number of nitrogens with one attached hydrogen (secondary N) is 1. The molecule has 98 valence electrons. The SMILES string of the molecule is CCC(N)(CC)C(=O)Nc1ccc([N+](=O)[O-])cc1. The van der Waals surface area contributed by atoms with Gasteiger partial charge in [0.15, 0.2) is 0 Å². The Morgan fingerprint density at radius 2 is 1.83 bits per heavy atom. The van der Waals surface area contributed by atoms with E-state index in [1.54, 1.807) is 0 Å². The second kappa shape index (κ2) is 5.59. The number of nitro groups is 1. The van der Waals surface area contributed by atoms with Crippen molar-refractivity contribution >= 4 is 17.3 Å². The van der Waals surface area contributed by atoms with Crippen molar-refractivity contribution in [1.82, 2.24) is 0 Å². The van der Waals surface area contributed by atoms with Gasteiger partial charge in [-0.05, 0) is 25.0 Å². The summed E-state index contributed by atoms with van der Waals surface area (Å²) >= 11 is 0. The van der Waals surface area contributed by atoms with Crippen LogP contribution in [0.15, 0.2) is 24.3 Å². The van der Waals surface area contributed by atoms with Crippen molar-refractivity contribution in [3.8, 4) is 0 Å². The fourth-order valence-corrected chi connectivity index (χ4v) is 1.49. The number of non-ortho nitro benzene ring substituents is 1. The summed E-state index contributed by atoms with van der Waals surface area (Å²) in [6.45, 7) is 3.69. The molecule has 1 amide bonds. The topological polar surface area (TPSA) is 98.3 Å².